The molecule has 2 aliphatic heterocycles. The molecule has 6 nitrogen and oxygen atoms in total. The van der Waals surface area contributed by atoms with E-state index in [0.29, 0.717) is 43.1 Å². The number of benzene rings is 1. The zero-order valence-electron chi connectivity index (χ0n) is 16.1. The van der Waals surface area contributed by atoms with E-state index in [2.05, 4.69) is 19.2 Å². The highest BCUT2D eigenvalue weighted by Crippen LogP contribution is 2.36. The van der Waals surface area contributed by atoms with Crippen LogP contribution in [0.1, 0.15) is 39.5 Å². The van der Waals surface area contributed by atoms with E-state index in [1.54, 1.807) is 4.90 Å². The summed E-state index contributed by atoms with van der Waals surface area (Å²) in [6, 6.07) is 5.74. The summed E-state index contributed by atoms with van der Waals surface area (Å²) in [6.45, 7) is 5.94. The molecule has 1 N–H and O–H groups in total. The van der Waals surface area contributed by atoms with E-state index in [1.165, 1.54) is 6.42 Å². The number of hydrogen-bond donors (Lipinski definition) is 1. The molecular formula is C21H28N2O4. The molecule has 3 aliphatic rings. The topological polar surface area (TPSA) is 67.9 Å². The van der Waals surface area contributed by atoms with Crippen LogP contribution in [-0.4, -0.2) is 37.6 Å². The molecule has 1 saturated carbocycles. The van der Waals surface area contributed by atoms with E-state index in [4.69, 9.17) is 9.47 Å². The van der Waals surface area contributed by atoms with Crippen molar-refractivity contribution < 1.29 is 19.1 Å². The summed E-state index contributed by atoms with van der Waals surface area (Å²) in [5.74, 6) is 2.16. The van der Waals surface area contributed by atoms with Crippen LogP contribution in [0.15, 0.2) is 18.2 Å². The number of carbonyl (C=O) groups excluding carboxylic acids is 2. The molecule has 4 unspecified atom stereocenters. The fraction of sp³-hybridized carbons (Fsp3) is 0.619. The maximum absolute atomic E-state index is 12.8. The highest BCUT2D eigenvalue weighted by Gasteiger charge is 2.37. The van der Waals surface area contributed by atoms with Gasteiger partial charge in [-0.25, -0.2) is 0 Å². The van der Waals surface area contributed by atoms with E-state index in [9.17, 15) is 9.59 Å². The lowest BCUT2D eigenvalue weighted by molar-refractivity contribution is -0.127. The summed E-state index contributed by atoms with van der Waals surface area (Å²) < 4.78 is 11.2. The van der Waals surface area contributed by atoms with Crippen LogP contribution in [0.2, 0.25) is 0 Å². The number of hydrogen-bond acceptors (Lipinski definition) is 4. The molecule has 0 bridgehead atoms. The molecule has 2 amide bonds. The van der Waals surface area contributed by atoms with Gasteiger partial charge in [-0.1, -0.05) is 26.7 Å². The second-order valence-electron chi connectivity index (χ2n) is 8.12. The maximum atomic E-state index is 12.8. The van der Waals surface area contributed by atoms with Gasteiger partial charge >= 0.3 is 0 Å². The van der Waals surface area contributed by atoms with Crippen LogP contribution in [-0.2, 0) is 9.59 Å². The van der Waals surface area contributed by atoms with Gasteiger partial charge in [-0.2, -0.15) is 0 Å². The Morgan fingerprint density at radius 2 is 1.93 bits per heavy atom. The van der Waals surface area contributed by atoms with Gasteiger partial charge in [-0.15, -0.1) is 0 Å². The lowest BCUT2D eigenvalue weighted by Crippen LogP contribution is -2.46. The molecule has 4 atom stereocenters. The Hall–Kier alpha value is -2.24. The van der Waals surface area contributed by atoms with Gasteiger partial charge in [-0.05, 0) is 30.4 Å². The van der Waals surface area contributed by atoms with Gasteiger partial charge in [0.2, 0.25) is 11.8 Å². The molecular weight excluding hydrogens is 344 g/mol. The van der Waals surface area contributed by atoms with Gasteiger partial charge in [0, 0.05) is 30.8 Å². The predicted molar refractivity (Wildman–Crippen MR) is 102 cm³/mol. The Bertz CT molecular complexity index is 735. The molecule has 2 fully saturated rings. The number of fused-ring (bicyclic) bond motifs is 1. The third kappa shape index (κ3) is 3.62. The smallest absolute Gasteiger partial charge is 0.227 e. The quantitative estimate of drug-likeness (QED) is 0.886. The number of amides is 2. The van der Waals surface area contributed by atoms with Crippen molar-refractivity contribution in [1.82, 2.24) is 5.32 Å². The monoisotopic (exact) mass is 372 g/mol. The summed E-state index contributed by atoms with van der Waals surface area (Å²) >= 11 is 0. The number of anilines is 1. The molecule has 27 heavy (non-hydrogen) atoms. The zero-order chi connectivity index (χ0) is 19.0. The third-order valence-electron chi connectivity index (χ3n) is 6.37. The van der Waals surface area contributed by atoms with Crippen LogP contribution in [0.25, 0.3) is 0 Å². The first-order valence-corrected chi connectivity index (χ1v) is 10.0. The number of carbonyl (C=O) groups is 2. The first kappa shape index (κ1) is 18.1. The van der Waals surface area contributed by atoms with E-state index >= 15 is 0 Å². The lowest BCUT2D eigenvalue weighted by Gasteiger charge is -2.35. The number of ether oxygens (including phenoxy) is 2. The molecule has 146 valence electrons. The van der Waals surface area contributed by atoms with Gasteiger partial charge in [0.15, 0.2) is 11.5 Å². The minimum Gasteiger partial charge on any atom is -0.486 e. The average Bonchev–Trinajstić information content (AvgIpc) is 3.07. The number of nitrogens with one attached hydrogen (secondary N) is 1. The molecule has 6 heteroatoms. The van der Waals surface area contributed by atoms with E-state index in [-0.39, 0.29) is 30.2 Å². The van der Waals surface area contributed by atoms with Crippen molar-refractivity contribution in [2.75, 3.05) is 24.7 Å². The Morgan fingerprint density at radius 3 is 2.74 bits per heavy atom. The van der Waals surface area contributed by atoms with E-state index in [1.807, 2.05) is 18.2 Å². The zero-order valence-corrected chi connectivity index (χ0v) is 16.1. The predicted octanol–water partition coefficient (Wildman–Crippen LogP) is 2.75. The molecule has 1 saturated heterocycles. The fourth-order valence-electron chi connectivity index (χ4n) is 4.42. The first-order chi connectivity index (χ1) is 13.0. The maximum Gasteiger partial charge on any atom is 0.227 e. The molecule has 1 aliphatic carbocycles. The van der Waals surface area contributed by atoms with Gasteiger partial charge in [0.05, 0.1) is 5.92 Å². The summed E-state index contributed by atoms with van der Waals surface area (Å²) in [7, 11) is 0. The summed E-state index contributed by atoms with van der Waals surface area (Å²) in [5, 5.41) is 3.22. The van der Waals surface area contributed by atoms with Gasteiger partial charge < -0.3 is 19.7 Å². The van der Waals surface area contributed by atoms with Crippen molar-refractivity contribution in [3.05, 3.63) is 18.2 Å². The van der Waals surface area contributed by atoms with Crippen molar-refractivity contribution in [1.29, 1.82) is 0 Å². The normalized spacial score (nSPS) is 30.3. The van der Waals surface area contributed by atoms with Gasteiger partial charge in [0.25, 0.3) is 0 Å². The molecule has 1 aromatic rings. The molecule has 2 heterocycles. The van der Waals surface area contributed by atoms with Crippen LogP contribution >= 0.6 is 0 Å². The lowest BCUT2D eigenvalue weighted by atomic mass is 9.78. The van der Waals surface area contributed by atoms with Crippen LogP contribution < -0.4 is 19.7 Å². The SMILES string of the molecule is CC1CCCC(NC(=O)C2CC(=O)N(c3ccc4c(c3)OCCO4)C2)C1C. The standard InChI is InChI=1S/C21H28N2O4/c1-13-4-3-5-17(14(13)2)22-21(25)15-10-20(24)23(12-15)16-6-7-18-19(11-16)27-9-8-26-18/h6-7,11,13-15,17H,3-5,8-10,12H2,1-2H3,(H,22,25). The van der Waals surface area contributed by atoms with Crippen molar-refractivity contribution in [3.8, 4) is 11.5 Å². The highest BCUT2D eigenvalue weighted by molar-refractivity contribution is 6.00. The minimum atomic E-state index is -0.296. The Morgan fingerprint density at radius 1 is 1.15 bits per heavy atom. The van der Waals surface area contributed by atoms with Crippen LogP contribution in [0.4, 0.5) is 5.69 Å². The second kappa shape index (κ2) is 7.41. The van der Waals surface area contributed by atoms with Crippen molar-refractivity contribution in [2.24, 2.45) is 17.8 Å². The number of rotatable bonds is 3. The number of nitrogens with zero attached hydrogens (tertiary/aromatic N) is 1. The Kier molecular flexibility index (Phi) is 4.98. The van der Waals surface area contributed by atoms with Crippen molar-refractivity contribution in [3.63, 3.8) is 0 Å². The minimum absolute atomic E-state index is 0.00865. The molecule has 0 radical (unpaired) electrons. The van der Waals surface area contributed by atoms with Crippen molar-refractivity contribution in [2.45, 2.75) is 45.6 Å². The van der Waals surface area contributed by atoms with Crippen LogP contribution in [0.5, 0.6) is 11.5 Å². The van der Waals surface area contributed by atoms with E-state index in [0.717, 1.165) is 18.5 Å². The largest absolute Gasteiger partial charge is 0.486 e. The summed E-state index contributed by atoms with van der Waals surface area (Å²) in [4.78, 5) is 27.0. The Labute approximate surface area is 160 Å². The average molecular weight is 372 g/mol. The molecule has 0 spiro atoms. The van der Waals surface area contributed by atoms with Gasteiger partial charge in [-0.3, -0.25) is 9.59 Å². The molecule has 0 aromatic heterocycles. The first-order valence-electron chi connectivity index (χ1n) is 10.0. The molecule has 4 rings (SSSR count). The molecule has 1 aromatic carbocycles. The summed E-state index contributed by atoms with van der Waals surface area (Å²) in [5.41, 5.74) is 0.763. The van der Waals surface area contributed by atoms with Crippen LogP contribution in [0, 0.1) is 17.8 Å². The van der Waals surface area contributed by atoms with Crippen molar-refractivity contribution >= 4 is 17.5 Å². The fourth-order valence-corrected chi connectivity index (χ4v) is 4.42. The highest BCUT2D eigenvalue weighted by atomic mass is 16.6. The summed E-state index contributed by atoms with van der Waals surface area (Å²) in [6.07, 6.45) is 3.68. The second-order valence-corrected chi connectivity index (χ2v) is 8.12. The van der Waals surface area contributed by atoms with Gasteiger partial charge in [0.1, 0.15) is 13.2 Å². The van der Waals surface area contributed by atoms with E-state index < -0.39 is 0 Å². The third-order valence-corrected chi connectivity index (χ3v) is 6.37. The van der Waals surface area contributed by atoms with Crippen LogP contribution in [0.3, 0.4) is 0 Å². The Balaban J connectivity index is 1.42.